The molecule has 0 unspecified atom stereocenters. The van der Waals surface area contributed by atoms with E-state index in [0.29, 0.717) is 28.4 Å². The highest BCUT2D eigenvalue weighted by atomic mass is 16.6. The van der Waals surface area contributed by atoms with Crippen LogP contribution < -0.4 is 14.2 Å². The topological polar surface area (TPSA) is 66.3 Å². The molecule has 1 aliphatic rings. The van der Waals surface area contributed by atoms with Gasteiger partial charge in [0, 0.05) is 11.1 Å². The SMILES string of the molecule is COc1ccc(C2=N/C(=C\c3cc(OC)ccc3OC)C(=O)O2)cc1. The number of hydrogen-bond donors (Lipinski definition) is 0. The molecule has 0 saturated carbocycles. The molecular formula is C19H17NO5. The Balaban J connectivity index is 1.95. The lowest BCUT2D eigenvalue weighted by Gasteiger charge is -2.07. The largest absolute Gasteiger partial charge is 0.497 e. The monoisotopic (exact) mass is 339 g/mol. The highest BCUT2D eigenvalue weighted by Gasteiger charge is 2.24. The summed E-state index contributed by atoms with van der Waals surface area (Å²) in [5.41, 5.74) is 1.56. The van der Waals surface area contributed by atoms with Gasteiger partial charge in [-0.3, -0.25) is 0 Å². The Bertz CT molecular complexity index is 853. The first-order chi connectivity index (χ1) is 12.1. The van der Waals surface area contributed by atoms with Crippen molar-refractivity contribution in [3.8, 4) is 17.2 Å². The van der Waals surface area contributed by atoms with Crippen molar-refractivity contribution in [3.05, 3.63) is 59.3 Å². The van der Waals surface area contributed by atoms with E-state index in [4.69, 9.17) is 18.9 Å². The minimum Gasteiger partial charge on any atom is -0.497 e. The third-order valence-corrected chi connectivity index (χ3v) is 3.69. The van der Waals surface area contributed by atoms with Crippen LogP contribution in [-0.4, -0.2) is 33.2 Å². The molecule has 0 aliphatic carbocycles. The van der Waals surface area contributed by atoms with E-state index in [-0.39, 0.29) is 11.6 Å². The standard InChI is InChI=1S/C19H17NO5/c1-22-14-6-4-12(5-7-14)18-20-16(19(21)25-18)11-13-10-15(23-2)8-9-17(13)24-3/h4-11H,1-3H3/b16-11-. The molecule has 25 heavy (non-hydrogen) atoms. The predicted molar refractivity (Wildman–Crippen MR) is 93.1 cm³/mol. The van der Waals surface area contributed by atoms with Crippen molar-refractivity contribution in [2.24, 2.45) is 4.99 Å². The maximum atomic E-state index is 12.1. The van der Waals surface area contributed by atoms with E-state index in [0.717, 1.165) is 0 Å². The molecule has 3 rings (SSSR count). The summed E-state index contributed by atoms with van der Waals surface area (Å²) in [6, 6.07) is 12.4. The van der Waals surface area contributed by atoms with Crippen LogP contribution in [0.3, 0.4) is 0 Å². The zero-order valence-corrected chi connectivity index (χ0v) is 14.1. The molecule has 6 heteroatoms. The van der Waals surface area contributed by atoms with E-state index >= 15 is 0 Å². The number of nitrogens with zero attached hydrogens (tertiary/aromatic N) is 1. The fourth-order valence-electron chi connectivity index (χ4n) is 2.37. The Morgan fingerprint density at radius 3 is 2.24 bits per heavy atom. The van der Waals surface area contributed by atoms with Crippen LogP contribution in [0.2, 0.25) is 0 Å². The Morgan fingerprint density at radius 2 is 1.60 bits per heavy atom. The second kappa shape index (κ2) is 7.09. The zero-order valence-electron chi connectivity index (χ0n) is 14.1. The average molecular weight is 339 g/mol. The number of hydrogen-bond acceptors (Lipinski definition) is 6. The van der Waals surface area contributed by atoms with Crippen LogP contribution in [0.1, 0.15) is 11.1 Å². The molecule has 0 spiro atoms. The molecular weight excluding hydrogens is 322 g/mol. The Hall–Kier alpha value is -3.28. The molecule has 0 radical (unpaired) electrons. The van der Waals surface area contributed by atoms with Crippen molar-refractivity contribution in [1.82, 2.24) is 0 Å². The van der Waals surface area contributed by atoms with E-state index in [2.05, 4.69) is 4.99 Å². The van der Waals surface area contributed by atoms with Crippen LogP contribution >= 0.6 is 0 Å². The molecule has 0 amide bonds. The van der Waals surface area contributed by atoms with Gasteiger partial charge in [-0.15, -0.1) is 0 Å². The molecule has 6 nitrogen and oxygen atoms in total. The molecule has 1 aliphatic heterocycles. The number of esters is 1. The lowest BCUT2D eigenvalue weighted by molar-refractivity contribution is -0.129. The van der Waals surface area contributed by atoms with Gasteiger partial charge in [0.2, 0.25) is 5.90 Å². The van der Waals surface area contributed by atoms with Gasteiger partial charge in [-0.05, 0) is 48.5 Å². The van der Waals surface area contributed by atoms with E-state index in [1.54, 1.807) is 69.9 Å². The van der Waals surface area contributed by atoms with Crippen molar-refractivity contribution < 1.29 is 23.7 Å². The Labute approximate surface area is 145 Å². The van der Waals surface area contributed by atoms with Gasteiger partial charge in [0.05, 0.1) is 21.3 Å². The molecule has 0 atom stereocenters. The Morgan fingerprint density at radius 1 is 0.920 bits per heavy atom. The summed E-state index contributed by atoms with van der Waals surface area (Å²) in [5, 5.41) is 0. The molecule has 2 aromatic carbocycles. The van der Waals surface area contributed by atoms with Gasteiger partial charge < -0.3 is 18.9 Å². The van der Waals surface area contributed by atoms with Crippen LogP contribution in [0.25, 0.3) is 6.08 Å². The summed E-state index contributed by atoms with van der Waals surface area (Å²) < 4.78 is 20.9. The van der Waals surface area contributed by atoms with Crippen LogP contribution in [0.4, 0.5) is 0 Å². The van der Waals surface area contributed by atoms with Crippen molar-refractivity contribution in [2.75, 3.05) is 21.3 Å². The summed E-state index contributed by atoms with van der Waals surface area (Å²) in [5.74, 6) is 1.70. The van der Waals surface area contributed by atoms with Crippen molar-refractivity contribution in [1.29, 1.82) is 0 Å². The van der Waals surface area contributed by atoms with Gasteiger partial charge in [0.1, 0.15) is 17.2 Å². The third-order valence-electron chi connectivity index (χ3n) is 3.69. The molecule has 0 saturated heterocycles. The number of methoxy groups -OCH3 is 3. The highest BCUT2D eigenvalue weighted by molar-refractivity contribution is 6.13. The number of aliphatic imine (C=N–C) groups is 1. The first-order valence-corrected chi connectivity index (χ1v) is 7.53. The van der Waals surface area contributed by atoms with E-state index < -0.39 is 5.97 Å². The third kappa shape index (κ3) is 3.47. The van der Waals surface area contributed by atoms with Gasteiger partial charge in [-0.25, -0.2) is 9.79 Å². The molecule has 0 N–H and O–H groups in total. The fourth-order valence-corrected chi connectivity index (χ4v) is 2.37. The lowest BCUT2D eigenvalue weighted by atomic mass is 10.1. The van der Waals surface area contributed by atoms with E-state index in [9.17, 15) is 4.79 Å². The van der Waals surface area contributed by atoms with Gasteiger partial charge in [0.25, 0.3) is 0 Å². The summed E-state index contributed by atoms with van der Waals surface area (Å²) in [6.07, 6.45) is 1.61. The minimum absolute atomic E-state index is 0.192. The van der Waals surface area contributed by atoms with Gasteiger partial charge in [-0.2, -0.15) is 0 Å². The van der Waals surface area contributed by atoms with Crippen LogP contribution in [-0.2, 0) is 9.53 Å². The molecule has 128 valence electrons. The molecule has 0 bridgehead atoms. The van der Waals surface area contributed by atoms with E-state index in [1.807, 2.05) is 0 Å². The normalized spacial score (nSPS) is 14.9. The second-order valence-corrected chi connectivity index (χ2v) is 5.17. The van der Waals surface area contributed by atoms with Crippen LogP contribution in [0.15, 0.2) is 53.2 Å². The number of ether oxygens (including phenoxy) is 4. The summed E-state index contributed by atoms with van der Waals surface area (Å²) in [4.78, 5) is 16.4. The fraction of sp³-hybridized carbons (Fsp3) is 0.158. The summed E-state index contributed by atoms with van der Waals surface area (Å²) in [7, 11) is 4.72. The van der Waals surface area contributed by atoms with Gasteiger partial charge >= 0.3 is 5.97 Å². The first kappa shape index (κ1) is 16.6. The smallest absolute Gasteiger partial charge is 0.363 e. The summed E-state index contributed by atoms with van der Waals surface area (Å²) >= 11 is 0. The van der Waals surface area contributed by atoms with Crippen molar-refractivity contribution >= 4 is 17.9 Å². The number of benzene rings is 2. The zero-order chi connectivity index (χ0) is 17.8. The highest BCUT2D eigenvalue weighted by Crippen LogP contribution is 2.28. The average Bonchev–Trinajstić information content (AvgIpc) is 3.02. The first-order valence-electron chi connectivity index (χ1n) is 7.53. The lowest BCUT2D eigenvalue weighted by Crippen LogP contribution is -2.05. The van der Waals surface area contributed by atoms with Crippen LogP contribution in [0, 0.1) is 0 Å². The number of carbonyl (C=O) groups excluding carboxylic acids is 1. The number of cyclic esters (lactones) is 1. The maximum absolute atomic E-state index is 12.1. The Kier molecular flexibility index (Phi) is 4.70. The molecule has 0 fully saturated rings. The van der Waals surface area contributed by atoms with Gasteiger partial charge in [-0.1, -0.05) is 0 Å². The van der Waals surface area contributed by atoms with Crippen molar-refractivity contribution in [2.45, 2.75) is 0 Å². The molecule has 2 aromatic rings. The quantitative estimate of drug-likeness (QED) is 0.619. The van der Waals surface area contributed by atoms with Crippen LogP contribution in [0.5, 0.6) is 17.2 Å². The minimum atomic E-state index is -0.518. The number of carbonyl (C=O) groups is 1. The molecule has 0 aromatic heterocycles. The second-order valence-electron chi connectivity index (χ2n) is 5.17. The predicted octanol–water partition coefficient (Wildman–Crippen LogP) is 3.06. The van der Waals surface area contributed by atoms with Gasteiger partial charge in [0.15, 0.2) is 5.70 Å². The maximum Gasteiger partial charge on any atom is 0.363 e. The molecule has 1 heterocycles. The summed E-state index contributed by atoms with van der Waals surface area (Å²) in [6.45, 7) is 0. The van der Waals surface area contributed by atoms with Crippen molar-refractivity contribution in [3.63, 3.8) is 0 Å². The number of rotatable bonds is 5. The van der Waals surface area contributed by atoms with E-state index in [1.165, 1.54) is 0 Å².